The van der Waals surface area contributed by atoms with Crippen LogP contribution < -0.4 is 9.47 Å². The molecule has 0 bridgehead atoms. The van der Waals surface area contributed by atoms with Crippen molar-refractivity contribution in [1.29, 1.82) is 0 Å². The van der Waals surface area contributed by atoms with Crippen molar-refractivity contribution in [3.8, 4) is 11.5 Å². The van der Waals surface area contributed by atoms with Crippen molar-refractivity contribution in [2.45, 2.75) is 32.6 Å². The molecule has 4 rings (SSSR count). The van der Waals surface area contributed by atoms with Gasteiger partial charge in [0.15, 0.2) is 0 Å². The molecular formula is C33H39NO4S. The molecule has 1 atom stereocenters. The third-order valence-electron chi connectivity index (χ3n) is 7.14. The summed E-state index contributed by atoms with van der Waals surface area (Å²) in [4.78, 5) is 14.7. The molecule has 0 radical (unpaired) electrons. The molecule has 1 saturated heterocycles. The van der Waals surface area contributed by atoms with E-state index in [1.54, 1.807) is 18.7 Å². The Morgan fingerprint density at radius 1 is 0.872 bits per heavy atom. The molecule has 0 saturated carbocycles. The van der Waals surface area contributed by atoms with Crippen molar-refractivity contribution in [3.05, 3.63) is 95.6 Å². The standard InChI is InChI=1S/C33H39NO4S/c1-25(33(35)36)18-22-37-29-14-10-26(11-15-29)24-31(27-8-4-3-5-9-27)32(39-2)28-12-16-30(17-13-28)38-23-21-34-19-6-7-20-34/h3-5,8-17,25H,6-7,18-24H2,1-2H3,(H,35,36). The molecule has 1 aliphatic heterocycles. The SMILES string of the molecule is CSC(=C(Cc1ccc(OCCC(C)C(=O)O)cc1)c1ccccc1)c1ccc(OCCN2CCCC2)cc1. The van der Waals surface area contributed by atoms with Crippen LogP contribution in [0.25, 0.3) is 10.5 Å². The molecule has 5 nitrogen and oxygen atoms in total. The zero-order valence-electron chi connectivity index (χ0n) is 23.0. The second-order valence-corrected chi connectivity index (χ2v) is 10.8. The summed E-state index contributed by atoms with van der Waals surface area (Å²) in [6.45, 7) is 6.17. The third kappa shape index (κ3) is 8.64. The van der Waals surface area contributed by atoms with E-state index in [1.165, 1.54) is 53.1 Å². The maximum atomic E-state index is 11.0. The van der Waals surface area contributed by atoms with Crippen LogP contribution in [0, 0.1) is 5.92 Å². The van der Waals surface area contributed by atoms with Gasteiger partial charge in [0.05, 0.1) is 12.5 Å². The predicted molar refractivity (Wildman–Crippen MR) is 161 cm³/mol. The average Bonchev–Trinajstić information content (AvgIpc) is 3.48. The quantitative estimate of drug-likeness (QED) is 0.218. The highest BCUT2D eigenvalue weighted by Crippen LogP contribution is 2.37. The van der Waals surface area contributed by atoms with Gasteiger partial charge in [0, 0.05) is 11.4 Å². The largest absolute Gasteiger partial charge is 0.494 e. The highest BCUT2D eigenvalue weighted by Gasteiger charge is 2.14. The number of nitrogens with zero attached hydrogens (tertiary/aromatic N) is 1. The summed E-state index contributed by atoms with van der Waals surface area (Å²) in [5, 5.41) is 9.06. The fourth-order valence-corrected chi connectivity index (χ4v) is 5.56. The Morgan fingerprint density at radius 3 is 2.10 bits per heavy atom. The van der Waals surface area contributed by atoms with Gasteiger partial charge >= 0.3 is 5.97 Å². The van der Waals surface area contributed by atoms with Crippen LogP contribution >= 0.6 is 11.8 Å². The molecule has 0 spiro atoms. The van der Waals surface area contributed by atoms with Crippen molar-refractivity contribution in [2.75, 3.05) is 39.1 Å². The number of benzene rings is 3. The van der Waals surface area contributed by atoms with Crippen molar-refractivity contribution in [1.82, 2.24) is 4.90 Å². The van der Waals surface area contributed by atoms with Crippen molar-refractivity contribution in [2.24, 2.45) is 5.92 Å². The van der Waals surface area contributed by atoms with E-state index in [4.69, 9.17) is 14.6 Å². The van der Waals surface area contributed by atoms with Gasteiger partial charge in [-0.05, 0) is 91.6 Å². The van der Waals surface area contributed by atoms with Crippen molar-refractivity contribution >= 4 is 28.2 Å². The lowest BCUT2D eigenvalue weighted by Crippen LogP contribution is -2.25. The average molecular weight is 546 g/mol. The fourth-order valence-electron chi connectivity index (χ4n) is 4.75. The van der Waals surface area contributed by atoms with Gasteiger partial charge in [-0.1, -0.05) is 61.5 Å². The van der Waals surface area contributed by atoms with E-state index in [2.05, 4.69) is 71.8 Å². The van der Waals surface area contributed by atoms with Crippen molar-refractivity contribution < 1.29 is 19.4 Å². The Balaban J connectivity index is 1.47. The van der Waals surface area contributed by atoms with Crippen LogP contribution in [-0.4, -0.2) is 55.1 Å². The molecule has 3 aromatic rings. The molecule has 1 aliphatic rings. The van der Waals surface area contributed by atoms with Crippen LogP contribution in [-0.2, 0) is 11.2 Å². The molecule has 0 aliphatic carbocycles. The van der Waals surface area contributed by atoms with Crippen LogP contribution in [0.3, 0.4) is 0 Å². The molecular weight excluding hydrogens is 506 g/mol. The minimum atomic E-state index is -0.793. The number of carbonyl (C=O) groups is 1. The molecule has 0 amide bonds. The normalized spacial score (nSPS) is 15.0. The van der Waals surface area contributed by atoms with Crippen molar-refractivity contribution in [3.63, 3.8) is 0 Å². The van der Waals surface area contributed by atoms with E-state index in [0.29, 0.717) is 13.0 Å². The van der Waals surface area contributed by atoms with Gasteiger partial charge < -0.3 is 14.6 Å². The number of hydrogen-bond acceptors (Lipinski definition) is 5. The molecule has 39 heavy (non-hydrogen) atoms. The van der Waals surface area contributed by atoms with Gasteiger partial charge in [-0.3, -0.25) is 9.69 Å². The van der Waals surface area contributed by atoms with Crippen LogP contribution in [0.1, 0.15) is 42.9 Å². The molecule has 6 heteroatoms. The smallest absolute Gasteiger partial charge is 0.306 e. The molecule has 1 unspecified atom stereocenters. The zero-order chi connectivity index (χ0) is 27.5. The molecule has 3 aromatic carbocycles. The Bertz CT molecular complexity index is 1200. The first kappa shape index (κ1) is 28.8. The molecule has 206 valence electrons. The summed E-state index contributed by atoms with van der Waals surface area (Å²) in [6, 6.07) is 27.2. The van der Waals surface area contributed by atoms with Crippen LogP contribution in [0.15, 0.2) is 78.9 Å². The highest BCUT2D eigenvalue weighted by molar-refractivity contribution is 8.07. The molecule has 1 N–H and O–H groups in total. The minimum absolute atomic E-state index is 0.385. The topological polar surface area (TPSA) is 59.0 Å². The molecule has 1 fully saturated rings. The maximum absolute atomic E-state index is 11.0. The monoisotopic (exact) mass is 545 g/mol. The van der Waals surface area contributed by atoms with Gasteiger partial charge in [0.25, 0.3) is 0 Å². The summed E-state index contributed by atoms with van der Waals surface area (Å²) in [6.07, 6.45) is 6.00. The lowest BCUT2D eigenvalue weighted by molar-refractivity contribution is -0.141. The van der Waals surface area contributed by atoms with Gasteiger partial charge in [0.1, 0.15) is 18.1 Å². The van der Waals surface area contributed by atoms with Gasteiger partial charge in [-0.25, -0.2) is 0 Å². The second kappa shape index (κ2) is 14.8. The summed E-state index contributed by atoms with van der Waals surface area (Å²) < 4.78 is 11.8. The van der Waals surface area contributed by atoms with E-state index < -0.39 is 11.9 Å². The second-order valence-electron chi connectivity index (χ2n) is 10.00. The first-order valence-electron chi connectivity index (χ1n) is 13.8. The third-order valence-corrected chi connectivity index (χ3v) is 8.03. The number of carboxylic acids is 1. The highest BCUT2D eigenvalue weighted by atomic mass is 32.2. The summed E-state index contributed by atoms with van der Waals surface area (Å²) >= 11 is 1.76. The van der Waals surface area contributed by atoms with Crippen LogP contribution in [0.5, 0.6) is 11.5 Å². The summed E-state index contributed by atoms with van der Waals surface area (Å²) in [5.74, 6) is 0.460. The van der Waals surface area contributed by atoms with Gasteiger partial charge in [0.2, 0.25) is 0 Å². The number of likely N-dealkylation sites (tertiary alicyclic amines) is 1. The number of thioether (sulfide) groups is 1. The Hall–Kier alpha value is -3.22. The molecule has 0 aromatic heterocycles. The predicted octanol–water partition coefficient (Wildman–Crippen LogP) is 7.12. The van der Waals surface area contributed by atoms with E-state index in [9.17, 15) is 4.79 Å². The van der Waals surface area contributed by atoms with E-state index >= 15 is 0 Å². The maximum Gasteiger partial charge on any atom is 0.306 e. The lowest BCUT2D eigenvalue weighted by Gasteiger charge is -2.17. The number of hydrogen-bond donors (Lipinski definition) is 1. The summed E-state index contributed by atoms with van der Waals surface area (Å²) in [7, 11) is 0. The Kier molecular flexibility index (Phi) is 10.9. The first-order chi connectivity index (χ1) is 19.0. The zero-order valence-corrected chi connectivity index (χ0v) is 23.8. The summed E-state index contributed by atoms with van der Waals surface area (Å²) in [5.41, 5.74) is 4.85. The number of rotatable bonds is 14. The van der Waals surface area contributed by atoms with Crippen LogP contribution in [0.4, 0.5) is 0 Å². The number of allylic oxidation sites excluding steroid dienone is 1. The first-order valence-corrected chi connectivity index (χ1v) is 15.0. The Labute approximate surface area is 236 Å². The van der Waals surface area contributed by atoms with Gasteiger partial charge in [-0.2, -0.15) is 0 Å². The number of ether oxygens (including phenoxy) is 2. The fraction of sp³-hybridized carbons (Fsp3) is 0.364. The lowest BCUT2D eigenvalue weighted by atomic mass is 9.95. The van der Waals surface area contributed by atoms with E-state index in [1.807, 2.05) is 18.2 Å². The molecule has 1 heterocycles. The Morgan fingerprint density at radius 2 is 1.49 bits per heavy atom. The number of carboxylic acid groups (broad SMARTS) is 1. The van der Waals surface area contributed by atoms with E-state index in [0.717, 1.165) is 31.1 Å². The number of aliphatic carboxylic acids is 1. The van der Waals surface area contributed by atoms with Crippen LogP contribution in [0.2, 0.25) is 0 Å². The minimum Gasteiger partial charge on any atom is -0.494 e. The van der Waals surface area contributed by atoms with E-state index in [-0.39, 0.29) is 0 Å². The van der Waals surface area contributed by atoms with Gasteiger partial charge in [-0.15, -0.1) is 11.8 Å².